The Morgan fingerprint density at radius 2 is 2.00 bits per heavy atom. The van der Waals surface area contributed by atoms with Crippen LogP contribution in [-0.2, 0) is 9.59 Å². The largest absolute Gasteiger partial charge is 0.480 e. The SMILES string of the molecule is CC(=O)NC(C(=O)O)C(O)C[C@H](C[N+](=O)[O-])c1cccc(F)c1F. The number of carboxylic acid groups (broad SMARTS) is 1. The van der Waals surface area contributed by atoms with E-state index in [0.717, 1.165) is 25.1 Å². The third-order valence-corrected chi connectivity index (χ3v) is 3.33. The van der Waals surface area contributed by atoms with Gasteiger partial charge in [0.2, 0.25) is 12.5 Å². The number of nitro groups is 1. The van der Waals surface area contributed by atoms with Crippen molar-refractivity contribution >= 4 is 11.9 Å². The zero-order valence-electron chi connectivity index (χ0n) is 12.6. The van der Waals surface area contributed by atoms with Gasteiger partial charge in [-0.05, 0) is 12.5 Å². The predicted octanol–water partition coefficient (Wildman–Crippen LogP) is 0.665. The van der Waals surface area contributed by atoms with Crippen LogP contribution < -0.4 is 5.32 Å². The molecular formula is C14H16F2N2O6. The molecule has 1 rings (SSSR count). The highest BCUT2D eigenvalue weighted by Gasteiger charge is 2.33. The molecule has 0 fully saturated rings. The molecule has 0 spiro atoms. The number of carbonyl (C=O) groups is 2. The van der Waals surface area contributed by atoms with Gasteiger partial charge in [-0.3, -0.25) is 14.9 Å². The van der Waals surface area contributed by atoms with Crippen molar-refractivity contribution < 1.29 is 33.5 Å². The second kappa shape index (κ2) is 8.29. The number of benzene rings is 1. The quantitative estimate of drug-likeness (QED) is 0.468. The number of hydrogen-bond acceptors (Lipinski definition) is 5. The first-order valence-corrected chi connectivity index (χ1v) is 6.87. The van der Waals surface area contributed by atoms with E-state index in [4.69, 9.17) is 5.11 Å². The molecule has 1 amide bonds. The number of carbonyl (C=O) groups excluding carboxylic acids is 1. The van der Waals surface area contributed by atoms with Crippen LogP contribution in [0.25, 0.3) is 0 Å². The summed E-state index contributed by atoms with van der Waals surface area (Å²) in [5, 5.41) is 31.8. The number of hydrogen-bond donors (Lipinski definition) is 3. The number of aliphatic hydroxyl groups is 1. The highest BCUT2D eigenvalue weighted by molar-refractivity contribution is 5.82. The van der Waals surface area contributed by atoms with Gasteiger partial charge in [-0.25, -0.2) is 13.6 Å². The van der Waals surface area contributed by atoms with Crippen LogP contribution in [0.2, 0.25) is 0 Å². The Balaban J connectivity index is 3.08. The van der Waals surface area contributed by atoms with E-state index < -0.39 is 59.5 Å². The maximum Gasteiger partial charge on any atom is 0.328 e. The highest BCUT2D eigenvalue weighted by atomic mass is 19.2. The van der Waals surface area contributed by atoms with Crippen molar-refractivity contribution in [1.82, 2.24) is 5.32 Å². The van der Waals surface area contributed by atoms with Crippen molar-refractivity contribution in [3.05, 3.63) is 45.5 Å². The summed E-state index contributed by atoms with van der Waals surface area (Å²) in [6, 6.07) is 1.37. The zero-order valence-corrected chi connectivity index (χ0v) is 12.6. The average Bonchev–Trinajstić information content (AvgIpc) is 2.46. The molecule has 1 aromatic carbocycles. The molecule has 2 unspecified atom stereocenters. The lowest BCUT2D eigenvalue weighted by molar-refractivity contribution is -0.484. The molecule has 0 radical (unpaired) electrons. The molecule has 0 aliphatic rings. The predicted molar refractivity (Wildman–Crippen MR) is 76.8 cm³/mol. The van der Waals surface area contributed by atoms with E-state index in [2.05, 4.69) is 0 Å². The minimum atomic E-state index is -1.74. The van der Waals surface area contributed by atoms with Gasteiger partial charge in [0, 0.05) is 17.4 Å². The summed E-state index contributed by atoms with van der Waals surface area (Å²) < 4.78 is 27.2. The van der Waals surface area contributed by atoms with Gasteiger partial charge in [-0.1, -0.05) is 12.1 Å². The van der Waals surface area contributed by atoms with Crippen molar-refractivity contribution in [2.24, 2.45) is 0 Å². The maximum atomic E-state index is 13.9. The molecule has 0 saturated heterocycles. The van der Waals surface area contributed by atoms with Gasteiger partial charge in [0.1, 0.15) is 0 Å². The fourth-order valence-electron chi connectivity index (χ4n) is 2.28. The average molecular weight is 346 g/mol. The van der Waals surface area contributed by atoms with Crippen LogP contribution in [0.1, 0.15) is 24.8 Å². The molecule has 0 saturated carbocycles. The van der Waals surface area contributed by atoms with Gasteiger partial charge < -0.3 is 15.5 Å². The van der Waals surface area contributed by atoms with E-state index in [1.165, 1.54) is 0 Å². The monoisotopic (exact) mass is 346 g/mol. The van der Waals surface area contributed by atoms with Crippen molar-refractivity contribution in [1.29, 1.82) is 0 Å². The number of nitrogens with zero attached hydrogens (tertiary/aromatic N) is 1. The molecule has 1 aromatic rings. The van der Waals surface area contributed by atoms with E-state index in [0.29, 0.717) is 0 Å². The Labute approximate surface area is 135 Å². The third-order valence-electron chi connectivity index (χ3n) is 3.33. The Morgan fingerprint density at radius 1 is 1.38 bits per heavy atom. The van der Waals surface area contributed by atoms with Gasteiger partial charge in [-0.15, -0.1) is 0 Å². The van der Waals surface area contributed by atoms with Gasteiger partial charge in [0.25, 0.3) is 0 Å². The minimum Gasteiger partial charge on any atom is -0.480 e. The molecule has 0 aromatic heterocycles. The zero-order chi connectivity index (χ0) is 18.4. The number of nitrogens with one attached hydrogen (secondary N) is 1. The van der Waals surface area contributed by atoms with E-state index in [9.17, 15) is 33.6 Å². The number of aliphatic carboxylic acids is 1. The van der Waals surface area contributed by atoms with Gasteiger partial charge >= 0.3 is 5.97 Å². The fraction of sp³-hybridized carbons (Fsp3) is 0.429. The smallest absolute Gasteiger partial charge is 0.328 e. The highest BCUT2D eigenvalue weighted by Crippen LogP contribution is 2.26. The summed E-state index contributed by atoms with van der Waals surface area (Å²) in [6.45, 7) is 0.188. The first-order valence-electron chi connectivity index (χ1n) is 6.87. The van der Waals surface area contributed by atoms with Crippen LogP contribution in [0.3, 0.4) is 0 Å². The van der Waals surface area contributed by atoms with Crippen molar-refractivity contribution in [3.8, 4) is 0 Å². The van der Waals surface area contributed by atoms with Gasteiger partial charge in [-0.2, -0.15) is 0 Å². The fourth-order valence-corrected chi connectivity index (χ4v) is 2.28. The van der Waals surface area contributed by atoms with E-state index in [1.54, 1.807) is 0 Å². The lowest BCUT2D eigenvalue weighted by Gasteiger charge is -2.23. The molecule has 3 N–H and O–H groups in total. The molecule has 0 aliphatic heterocycles. The normalized spacial score (nSPS) is 14.5. The Bertz CT molecular complexity index is 640. The lowest BCUT2D eigenvalue weighted by Crippen LogP contribution is -2.48. The van der Waals surface area contributed by atoms with E-state index in [1.807, 2.05) is 5.32 Å². The van der Waals surface area contributed by atoms with Crippen molar-refractivity contribution in [2.75, 3.05) is 6.54 Å². The van der Waals surface area contributed by atoms with Crippen molar-refractivity contribution in [2.45, 2.75) is 31.4 Å². The first-order chi connectivity index (χ1) is 11.1. The Hall–Kier alpha value is -2.62. The molecule has 3 atom stereocenters. The molecule has 0 aliphatic carbocycles. The first kappa shape index (κ1) is 19.4. The van der Waals surface area contributed by atoms with Crippen LogP contribution in [0.4, 0.5) is 8.78 Å². The summed E-state index contributed by atoms with van der Waals surface area (Å²) >= 11 is 0. The van der Waals surface area contributed by atoms with Crippen LogP contribution >= 0.6 is 0 Å². The summed E-state index contributed by atoms with van der Waals surface area (Å²) in [4.78, 5) is 32.1. The van der Waals surface area contributed by atoms with Crippen LogP contribution in [0, 0.1) is 21.7 Å². The Morgan fingerprint density at radius 3 is 2.50 bits per heavy atom. The van der Waals surface area contributed by atoms with Gasteiger partial charge in [0.05, 0.1) is 12.0 Å². The van der Waals surface area contributed by atoms with E-state index >= 15 is 0 Å². The molecule has 24 heavy (non-hydrogen) atoms. The Kier molecular flexibility index (Phi) is 6.71. The van der Waals surface area contributed by atoms with Crippen molar-refractivity contribution in [3.63, 3.8) is 0 Å². The van der Waals surface area contributed by atoms with Crippen LogP contribution in [0.5, 0.6) is 0 Å². The van der Waals surface area contributed by atoms with E-state index in [-0.39, 0.29) is 5.56 Å². The third kappa shape index (κ3) is 5.23. The summed E-state index contributed by atoms with van der Waals surface area (Å²) in [6.07, 6.45) is -2.29. The lowest BCUT2D eigenvalue weighted by atomic mass is 9.90. The molecule has 0 heterocycles. The van der Waals surface area contributed by atoms with Gasteiger partial charge in [0.15, 0.2) is 17.7 Å². The molecule has 8 nitrogen and oxygen atoms in total. The standard InChI is InChI=1S/C14H16F2N2O6/c1-7(19)17-13(14(21)22)11(20)5-8(6-18(23)24)9-3-2-4-10(15)12(9)16/h2-4,8,11,13,20H,5-6H2,1H3,(H,17,19)(H,21,22)/t8-,11?,13?/m1/s1. The number of halogens is 2. The second-order valence-electron chi connectivity index (χ2n) is 5.17. The van der Waals surface area contributed by atoms with Crippen LogP contribution in [-0.4, -0.2) is 45.7 Å². The molecule has 132 valence electrons. The number of carboxylic acids is 1. The molecule has 10 heteroatoms. The summed E-state index contributed by atoms with van der Waals surface area (Å²) in [7, 11) is 0. The maximum absolute atomic E-state index is 13.9. The topological polar surface area (TPSA) is 130 Å². The molecule has 0 bridgehead atoms. The van der Waals surface area contributed by atoms with Crippen LogP contribution in [0.15, 0.2) is 18.2 Å². The number of aliphatic hydroxyl groups excluding tert-OH is 1. The second-order valence-corrected chi connectivity index (χ2v) is 5.17. The summed E-state index contributed by atoms with van der Waals surface area (Å²) in [5.74, 6) is -6.09. The number of rotatable bonds is 8. The number of amides is 1. The summed E-state index contributed by atoms with van der Waals surface area (Å²) in [5.41, 5.74) is -0.349. The minimum absolute atomic E-state index is 0.349. The molecular weight excluding hydrogens is 330 g/mol.